The van der Waals surface area contributed by atoms with Gasteiger partial charge in [-0.25, -0.2) is 5.01 Å². The van der Waals surface area contributed by atoms with E-state index in [2.05, 4.69) is 0 Å². The number of hydrogen-bond acceptors (Lipinski definition) is 6. The topological polar surface area (TPSA) is 118 Å². The van der Waals surface area contributed by atoms with Crippen LogP contribution >= 0.6 is 34.8 Å². The van der Waals surface area contributed by atoms with Gasteiger partial charge in [0, 0.05) is 22.5 Å². The first kappa shape index (κ1) is 26.3. The number of carbonyl (C=O) groups excluding carboxylic acids is 4. The Morgan fingerprint density at radius 2 is 1.62 bits per heavy atom. The lowest BCUT2D eigenvalue weighted by molar-refractivity contribution is -0.385. The van der Waals surface area contributed by atoms with Crippen molar-refractivity contribution in [3.05, 3.63) is 109 Å². The molecular weight excluding hydrogens is 545 g/mol. The first-order chi connectivity index (χ1) is 17.7. The Balaban J connectivity index is 1.90. The van der Waals surface area contributed by atoms with Crippen molar-refractivity contribution in [3.8, 4) is 0 Å². The molecule has 1 atom stereocenters. The lowest BCUT2D eigenvalue weighted by Crippen LogP contribution is -2.57. The summed E-state index contributed by atoms with van der Waals surface area (Å²) < 4.78 is 0. The number of rotatable bonds is 8. The van der Waals surface area contributed by atoms with E-state index in [0.29, 0.717) is 15.0 Å². The van der Waals surface area contributed by atoms with E-state index in [-0.39, 0.29) is 34.0 Å². The van der Waals surface area contributed by atoms with Crippen LogP contribution in [0, 0.1) is 10.1 Å². The van der Waals surface area contributed by atoms with Gasteiger partial charge in [0.25, 0.3) is 23.4 Å². The number of alkyl halides is 1. The number of hydrogen-bond donors (Lipinski definition) is 0. The molecular formula is C25H16Cl3N3O6. The summed E-state index contributed by atoms with van der Waals surface area (Å²) in [4.78, 5) is 65.3. The fourth-order valence-corrected chi connectivity index (χ4v) is 4.56. The summed E-state index contributed by atoms with van der Waals surface area (Å²) in [6.45, 7) is 0. The quantitative estimate of drug-likeness (QED) is 0.119. The zero-order valence-corrected chi connectivity index (χ0v) is 21.0. The first-order valence-corrected chi connectivity index (χ1v) is 12.1. The van der Waals surface area contributed by atoms with Crippen LogP contribution < -0.4 is 0 Å². The fraction of sp³-hybridized carbons (Fsp3) is 0.120. The molecule has 3 aromatic rings. The highest BCUT2D eigenvalue weighted by molar-refractivity contribution is 6.34. The van der Waals surface area contributed by atoms with Crippen molar-refractivity contribution in [3.63, 3.8) is 0 Å². The van der Waals surface area contributed by atoms with E-state index in [4.69, 9.17) is 34.8 Å². The maximum Gasteiger partial charge on any atom is 0.287 e. The van der Waals surface area contributed by atoms with Gasteiger partial charge in [0.15, 0.2) is 5.78 Å². The van der Waals surface area contributed by atoms with E-state index >= 15 is 0 Å². The number of nitro benzene ring substituents is 1. The second kappa shape index (κ2) is 10.7. The standard InChI is InChI=1S/C25H16Cl3N3O6/c26-13-12-20(22(32)14-8-10-15(27)11-9-14)29(23(33)16-4-1-2-6-18(16)28)30-24(34)17-5-3-7-19(31(36)37)21(17)25(30)35/h1-11,20H,12-13H2/t20-/m1/s1. The van der Waals surface area contributed by atoms with Crippen LogP contribution in [0.15, 0.2) is 66.7 Å². The Bertz CT molecular complexity index is 1440. The van der Waals surface area contributed by atoms with E-state index in [0.717, 1.165) is 6.07 Å². The van der Waals surface area contributed by atoms with Crippen molar-refractivity contribution in [2.24, 2.45) is 0 Å². The van der Waals surface area contributed by atoms with Gasteiger partial charge < -0.3 is 0 Å². The molecule has 1 aliphatic rings. The summed E-state index contributed by atoms with van der Waals surface area (Å²) in [5.74, 6) is -3.84. The largest absolute Gasteiger partial charge is 0.292 e. The maximum atomic E-state index is 13.9. The van der Waals surface area contributed by atoms with Crippen molar-refractivity contribution in [1.29, 1.82) is 0 Å². The molecule has 37 heavy (non-hydrogen) atoms. The molecule has 4 rings (SSSR count). The molecule has 0 aliphatic carbocycles. The van der Waals surface area contributed by atoms with Crippen LogP contribution in [-0.2, 0) is 0 Å². The minimum atomic E-state index is -1.44. The number of fused-ring (bicyclic) bond motifs is 1. The molecule has 0 saturated heterocycles. The predicted molar refractivity (Wildman–Crippen MR) is 136 cm³/mol. The Kier molecular flexibility index (Phi) is 7.58. The minimum absolute atomic E-state index is 0.00338. The molecule has 1 aliphatic heterocycles. The van der Waals surface area contributed by atoms with Gasteiger partial charge in [-0.2, -0.15) is 5.01 Å². The van der Waals surface area contributed by atoms with Crippen LogP contribution in [0.2, 0.25) is 10.0 Å². The van der Waals surface area contributed by atoms with Crippen LogP contribution in [0.3, 0.4) is 0 Å². The zero-order valence-electron chi connectivity index (χ0n) is 18.8. The molecule has 1 heterocycles. The molecule has 12 heteroatoms. The monoisotopic (exact) mass is 559 g/mol. The van der Waals surface area contributed by atoms with Gasteiger partial charge in [0.05, 0.1) is 21.1 Å². The second-order valence-electron chi connectivity index (χ2n) is 7.87. The molecule has 9 nitrogen and oxygen atoms in total. The highest BCUT2D eigenvalue weighted by Gasteiger charge is 2.49. The molecule has 0 radical (unpaired) electrons. The fourth-order valence-electron chi connectivity index (χ4n) is 4.01. The van der Waals surface area contributed by atoms with E-state index in [1.807, 2.05) is 0 Å². The van der Waals surface area contributed by atoms with Crippen LogP contribution in [0.1, 0.15) is 47.9 Å². The van der Waals surface area contributed by atoms with Crippen LogP contribution in [0.25, 0.3) is 0 Å². The number of ketones is 1. The van der Waals surface area contributed by atoms with Crippen molar-refractivity contribution in [1.82, 2.24) is 10.0 Å². The lowest BCUT2D eigenvalue weighted by atomic mass is 10.0. The average molecular weight is 561 g/mol. The van der Waals surface area contributed by atoms with Crippen LogP contribution in [0.5, 0.6) is 0 Å². The lowest BCUT2D eigenvalue weighted by Gasteiger charge is -2.36. The number of hydrazine groups is 1. The number of Topliss-reactive ketones (excluding diaryl/α,β-unsaturated/α-hetero) is 1. The van der Waals surface area contributed by atoms with Crippen molar-refractivity contribution < 1.29 is 24.1 Å². The van der Waals surface area contributed by atoms with Crippen molar-refractivity contribution >= 4 is 64.0 Å². The molecule has 0 unspecified atom stereocenters. The van der Waals surface area contributed by atoms with E-state index in [9.17, 15) is 29.3 Å². The third-order valence-corrected chi connectivity index (χ3v) is 6.50. The summed E-state index contributed by atoms with van der Waals surface area (Å²) >= 11 is 18.2. The van der Waals surface area contributed by atoms with E-state index in [1.165, 1.54) is 54.6 Å². The van der Waals surface area contributed by atoms with E-state index < -0.39 is 45.7 Å². The van der Waals surface area contributed by atoms with Gasteiger partial charge in [0.2, 0.25) is 0 Å². The molecule has 0 bridgehead atoms. The number of carbonyl (C=O) groups is 4. The first-order valence-electron chi connectivity index (χ1n) is 10.8. The Morgan fingerprint density at radius 3 is 2.24 bits per heavy atom. The summed E-state index contributed by atoms with van der Waals surface area (Å²) in [5.41, 5.74) is -1.34. The number of amides is 3. The molecule has 0 spiro atoms. The maximum absolute atomic E-state index is 13.9. The highest BCUT2D eigenvalue weighted by atomic mass is 35.5. The van der Waals surface area contributed by atoms with Gasteiger partial charge in [-0.3, -0.25) is 29.3 Å². The zero-order chi connectivity index (χ0) is 26.9. The van der Waals surface area contributed by atoms with Gasteiger partial charge in [0.1, 0.15) is 11.6 Å². The number of benzene rings is 3. The third kappa shape index (κ3) is 4.81. The smallest absolute Gasteiger partial charge is 0.287 e. The minimum Gasteiger partial charge on any atom is -0.292 e. The molecule has 188 valence electrons. The molecule has 3 amide bonds. The van der Waals surface area contributed by atoms with Gasteiger partial charge >= 0.3 is 0 Å². The Labute approximate surface area is 225 Å². The normalized spacial score (nSPS) is 13.3. The molecule has 3 aromatic carbocycles. The summed E-state index contributed by atoms with van der Waals surface area (Å²) in [7, 11) is 0. The third-order valence-electron chi connectivity index (χ3n) is 5.71. The van der Waals surface area contributed by atoms with Gasteiger partial charge in [-0.15, -0.1) is 11.6 Å². The van der Waals surface area contributed by atoms with Gasteiger partial charge in [-0.1, -0.05) is 41.4 Å². The van der Waals surface area contributed by atoms with Gasteiger partial charge in [-0.05, 0) is 48.9 Å². The number of nitro groups is 1. The Hall–Kier alpha value is -3.79. The summed E-state index contributed by atoms with van der Waals surface area (Å²) in [6.07, 6.45) is -0.158. The summed E-state index contributed by atoms with van der Waals surface area (Å²) in [6, 6.07) is 13.8. The Morgan fingerprint density at radius 1 is 0.946 bits per heavy atom. The predicted octanol–water partition coefficient (Wildman–Crippen LogP) is 5.44. The van der Waals surface area contributed by atoms with E-state index in [1.54, 1.807) is 6.07 Å². The van der Waals surface area contributed by atoms with Crippen LogP contribution in [0.4, 0.5) is 5.69 Å². The molecule has 0 fully saturated rings. The number of nitrogens with zero attached hydrogens (tertiary/aromatic N) is 3. The van der Waals surface area contributed by atoms with Crippen molar-refractivity contribution in [2.45, 2.75) is 12.5 Å². The summed E-state index contributed by atoms with van der Waals surface area (Å²) in [5, 5.41) is 13.1. The molecule has 0 saturated carbocycles. The second-order valence-corrected chi connectivity index (χ2v) is 9.09. The number of imide groups is 1. The molecule has 0 aromatic heterocycles. The van der Waals surface area contributed by atoms with Crippen LogP contribution in [-0.4, -0.2) is 50.4 Å². The average Bonchev–Trinajstić information content (AvgIpc) is 3.13. The highest BCUT2D eigenvalue weighted by Crippen LogP contribution is 2.34. The van der Waals surface area contributed by atoms with Crippen molar-refractivity contribution in [2.75, 3.05) is 5.88 Å². The SMILES string of the molecule is O=C(c1ccc(Cl)cc1)[C@@H](CCCl)N(C(=O)c1ccccc1Cl)N1C(=O)c2cccc([N+](=O)[O-])c2C1=O. The molecule has 0 N–H and O–H groups in total. The number of halogens is 3.